The zero-order chi connectivity index (χ0) is 66.5. The summed E-state index contributed by atoms with van der Waals surface area (Å²) in [6.45, 7) is 9.48. The maximum Gasteiger partial charge on any atom is 0.472 e. The lowest BCUT2D eigenvalue weighted by Gasteiger charge is -2.21. The Balaban J connectivity index is 5.18. The molecule has 0 bridgehead atoms. The van der Waals surface area contributed by atoms with Crippen LogP contribution in [0.5, 0.6) is 0 Å². The second-order valence-corrected chi connectivity index (χ2v) is 29.3. The number of aliphatic hydroxyl groups excluding tert-OH is 1. The molecule has 90 heavy (non-hydrogen) atoms. The van der Waals surface area contributed by atoms with Gasteiger partial charge >= 0.3 is 39.5 Å². The van der Waals surface area contributed by atoms with Gasteiger partial charge in [-0.05, 0) is 37.5 Å². The number of rotatable bonds is 70. The molecule has 17 nitrogen and oxygen atoms in total. The topological polar surface area (TPSA) is 237 Å². The van der Waals surface area contributed by atoms with Gasteiger partial charge in [0.1, 0.15) is 19.3 Å². The first-order valence-electron chi connectivity index (χ1n) is 37.0. The van der Waals surface area contributed by atoms with Crippen molar-refractivity contribution in [2.45, 2.75) is 381 Å². The number of unbranched alkanes of at least 4 members (excludes halogenated alkanes) is 39. The van der Waals surface area contributed by atoms with Crippen molar-refractivity contribution in [3.05, 3.63) is 0 Å². The Kier molecular flexibility index (Phi) is 61.8. The number of aliphatic hydroxyl groups is 1. The van der Waals surface area contributed by atoms with Crippen LogP contribution in [-0.4, -0.2) is 96.7 Å². The van der Waals surface area contributed by atoms with Gasteiger partial charge in [-0.15, -0.1) is 0 Å². The Bertz CT molecular complexity index is 1750. The number of phosphoric acid groups is 2. The molecule has 0 rings (SSSR count). The van der Waals surface area contributed by atoms with Gasteiger partial charge in [0.2, 0.25) is 0 Å². The lowest BCUT2D eigenvalue weighted by molar-refractivity contribution is -0.161. The maximum absolute atomic E-state index is 13.0. The molecule has 534 valence electrons. The summed E-state index contributed by atoms with van der Waals surface area (Å²) in [4.78, 5) is 72.4. The molecule has 0 aliphatic rings. The fraction of sp³-hybridized carbons (Fsp3) is 0.944. The third-order valence-electron chi connectivity index (χ3n) is 16.8. The predicted octanol–water partition coefficient (Wildman–Crippen LogP) is 20.4. The molecule has 0 aromatic rings. The minimum Gasteiger partial charge on any atom is -0.462 e. The summed E-state index contributed by atoms with van der Waals surface area (Å²) in [6, 6.07) is 0. The minimum atomic E-state index is -4.95. The predicted molar refractivity (Wildman–Crippen MR) is 363 cm³/mol. The van der Waals surface area contributed by atoms with Crippen LogP contribution in [-0.2, 0) is 65.4 Å². The van der Waals surface area contributed by atoms with E-state index in [1.54, 1.807) is 0 Å². The van der Waals surface area contributed by atoms with Gasteiger partial charge in [0.25, 0.3) is 0 Å². The summed E-state index contributed by atoms with van der Waals surface area (Å²) in [5, 5.41) is 10.6. The summed E-state index contributed by atoms with van der Waals surface area (Å²) >= 11 is 0. The number of hydrogen-bond acceptors (Lipinski definition) is 15. The normalized spacial score (nSPS) is 14.4. The molecule has 0 aromatic heterocycles. The average molecular weight is 1330 g/mol. The smallest absolute Gasteiger partial charge is 0.462 e. The van der Waals surface area contributed by atoms with Crippen molar-refractivity contribution in [1.82, 2.24) is 0 Å². The molecule has 0 saturated carbocycles. The van der Waals surface area contributed by atoms with Crippen molar-refractivity contribution in [2.24, 2.45) is 11.8 Å². The third kappa shape index (κ3) is 63.5. The summed E-state index contributed by atoms with van der Waals surface area (Å²) < 4.78 is 68.2. The van der Waals surface area contributed by atoms with E-state index in [4.69, 9.17) is 37.0 Å². The highest BCUT2D eigenvalue weighted by molar-refractivity contribution is 7.47. The Morgan fingerprint density at radius 3 is 0.844 bits per heavy atom. The Morgan fingerprint density at radius 1 is 0.322 bits per heavy atom. The van der Waals surface area contributed by atoms with E-state index in [0.717, 1.165) is 109 Å². The van der Waals surface area contributed by atoms with Crippen LogP contribution in [0.2, 0.25) is 0 Å². The highest BCUT2D eigenvalue weighted by Gasteiger charge is 2.30. The van der Waals surface area contributed by atoms with Crippen molar-refractivity contribution in [2.75, 3.05) is 39.6 Å². The van der Waals surface area contributed by atoms with Crippen LogP contribution < -0.4 is 0 Å². The molecule has 0 fully saturated rings. The van der Waals surface area contributed by atoms with Crippen molar-refractivity contribution in [3.63, 3.8) is 0 Å². The zero-order valence-electron chi connectivity index (χ0n) is 58.4. The van der Waals surface area contributed by atoms with E-state index in [0.29, 0.717) is 31.6 Å². The van der Waals surface area contributed by atoms with Crippen LogP contribution >= 0.6 is 15.6 Å². The molecule has 6 atom stereocenters. The minimum absolute atomic E-state index is 0.103. The second-order valence-electron chi connectivity index (χ2n) is 26.3. The van der Waals surface area contributed by atoms with Crippen LogP contribution in [0.4, 0.5) is 0 Å². The van der Waals surface area contributed by atoms with Gasteiger partial charge in [-0.3, -0.25) is 37.3 Å². The zero-order valence-corrected chi connectivity index (χ0v) is 60.2. The Morgan fingerprint density at radius 2 is 0.567 bits per heavy atom. The fourth-order valence-electron chi connectivity index (χ4n) is 10.7. The van der Waals surface area contributed by atoms with Gasteiger partial charge in [0.15, 0.2) is 12.2 Å². The van der Waals surface area contributed by atoms with E-state index in [1.807, 2.05) is 0 Å². The molecule has 3 unspecified atom stereocenters. The first kappa shape index (κ1) is 88.1. The van der Waals surface area contributed by atoms with E-state index in [-0.39, 0.29) is 25.7 Å². The summed E-state index contributed by atoms with van der Waals surface area (Å²) in [5.41, 5.74) is 0. The number of carbonyl (C=O) groups is 4. The maximum atomic E-state index is 13.0. The molecular weight excluding hydrogens is 1190 g/mol. The highest BCUT2D eigenvalue weighted by atomic mass is 31.2. The van der Waals surface area contributed by atoms with Gasteiger partial charge in [0, 0.05) is 25.7 Å². The molecule has 0 amide bonds. The molecule has 0 aromatic carbocycles. The van der Waals surface area contributed by atoms with Crippen LogP contribution in [0.1, 0.15) is 363 Å². The van der Waals surface area contributed by atoms with Gasteiger partial charge in [-0.1, -0.05) is 311 Å². The van der Waals surface area contributed by atoms with Gasteiger partial charge in [-0.2, -0.15) is 0 Å². The number of ether oxygens (including phenoxy) is 4. The van der Waals surface area contributed by atoms with E-state index < -0.39 is 97.5 Å². The molecule has 3 N–H and O–H groups in total. The average Bonchev–Trinajstić information content (AvgIpc) is 2.63. The van der Waals surface area contributed by atoms with Crippen LogP contribution in [0.25, 0.3) is 0 Å². The van der Waals surface area contributed by atoms with Gasteiger partial charge < -0.3 is 33.8 Å². The van der Waals surface area contributed by atoms with Crippen molar-refractivity contribution < 1.29 is 80.2 Å². The van der Waals surface area contributed by atoms with E-state index in [1.165, 1.54) is 167 Å². The molecule has 0 saturated heterocycles. The van der Waals surface area contributed by atoms with Crippen LogP contribution in [0, 0.1) is 11.8 Å². The summed E-state index contributed by atoms with van der Waals surface area (Å²) in [6.07, 6.45) is 48.8. The largest absolute Gasteiger partial charge is 0.472 e. The molecule has 0 radical (unpaired) electrons. The molecule has 0 heterocycles. The van der Waals surface area contributed by atoms with Crippen molar-refractivity contribution in [1.29, 1.82) is 0 Å². The van der Waals surface area contributed by atoms with Gasteiger partial charge in [0.05, 0.1) is 26.4 Å². The monoisotopic (exact) mass is 1320 g/mol. The van der Waals surface area contributed by atoms with E-state index >= 15 is 0 Å². The SMILES string of the molecule is CCCCCCCCCCCCCCCCCCCCCC(=O)O[C@H](COC(=O)CCCCCCCCCCCCC(C)CC)COP(=O)(O)OC[C@@H](O)COP(=O)(O)OC[C@@H](COC(=O)CCCCCCCCC)OC(=O)CCCCCCCCCC(C)C. The van der Waals surface area contributed by atoms with Crippen molar-refractivity contribution >= 4 is 39.5 Å². The molecular formula is C71H138O17P2. The van der Waals surface area contributed by atoms with Crippen LogP contribution in [0.15, 0.2) is 0 Å². The fourth-order valence-corrected chi connectivity index (χ4v) is 12.3. The Hall–Kier alpha value is -1.94. The first-order chi connectivity index (χ1) is 43.4. The van der Waals surface area contributed by atoms with E-state index in [2.05, 4.69) is 41.5 Å². The van der Waals surface area contributed by atoms with Crippen molar-refractivity contribution in [3.8, 4) is 0 Å². The molecule has 0 aliphatic heterocycles. The highest BCUT2D eigenvalue weighted by Crippen LogP contribution is 2.45. The standard InChI is InChI=1S/C71H138O17P2/c1-7-10-12-14-16-17-18-19-20-21-22-23-24-25-26-31-37-43-49-55-70(75)87-67(60-82-69(74)54-48-42-36-30-28-27-29-35-40-46-52-64(6)9-3)62-86-90(79,80)84-58-65(72)57-83-89(77,78)85-61-66(59-81-68(73)53-47-41-33-15-13-11-8-2)88-71(76)56-50-44-38-32-34-39-45-51-63(4)5/h63-67,72H,7-62H2,1-6H3,(H,77,78)(H,79,80)/t64?,65-,66+,67+/m0/s1. The second kappa shape index (κ2) is 63.1. The lowest BCUT2D eigenvalue weighted by Crippen LogP contribution is -2.30. The number of phosphoric ester groups is 2. The lowest BCUT2D eigenvalue weighted by atomic mass is 9.99. The quantitative estimate of drug-likeness (QED) is 0.0222. The number of hydrogen-bond donors (Lipinski definition) is 3. The van der Waals surface area contributed by atoms with Crippen LogP contribution in [0.3, 0.4) is 0 Å². The summed E-state index contributed by atoms with van der Waals surface area (Å²) in [5.74, 6) is -0.624. The molecule has 0 spiro atoms. The molecule has 19 heteroatoms. The third-order valence-corrected chi connectivity index (χ3v) is 18.7. The first-order valence-corrected chi connectivity index (χ1v) is 40.0. The molecule has 0 aliphatic carbocycles. The summed E-state index contributed by atoms with van der Waals surface area (Å²) in [7, 11) is -9.90. The van der Waals surface area contributed by atoms with E-state index in [9.17, 15) is 43.2 Å². The number of carbonyl (C=O) groups excluding carboxylic acids is 4. The van der Waals surface area contributed by atoms with Gasteiger partial charge in [-0.25, -0.2) is 9.13 Å². The number of esters is 4. The Labute approximate surface area is 549 Å².